The molecule has 3 aromatic rings. The van der Waals surface area contributed by atoms with Crippen LogP contribution in [0.5, 0.6) is 0 Å². The Morgan fingerprint density at radius 1 is 0.935 bits per heavy atom. The lowest BCUT2D eigenvalue weighted by molar-refractivity contribution is -0.113. The fourth-order valence-electron chi connectivity index (χ4n) is 3.75. The molecular weight excluding hydrogens is 412 g/mol. The van der Waals surface area contributed by atoms with E-state index in [1.807, 2.05) is 34.0 Å². The van der Waals surface area contributed by atoms with Gasteiger partial charge in [0.25, 0.3) is 5.91 Å². The first kappa shape index (κ1) is 20.8. The number of anilines is 2. The fourth-order valence-corrected chi connectivity index (χ4v) is 3.87. The van der Waals surface area contributed by atoms with Crippen molar-refractivity contribution in [2.24, 2.45) is 0 Å². The standard InChI is InChI=1S/C24H23ClN4O2/c1-15-13-17(16(2)28(15)20-11-9-19(10-12-20)27(3)4)14-22-23(30)29(24(31)26-22)21-7-5-18(25)6-8-21/h5-14H,1-4H3,(H,26,31)/b22-14+. The number of hydrogen-bond donors (Lipinski definition) is 1. The van der Waals surface area contributed by atoms with Crippen LogP contribution in [0, 0.1) is 13.8 Å². The third-order valence-electron chi connectivity index (χ3n) is 5.36. The quantitative estimate of drug-likeness (QED) is 0.468. The lowest BCUT2D eigenvalue weighted by Crippen LogP contribution is -2.30. The van der Waals surface area contributed by atoms with E-state index >= 15 is 0 Å². The van der Waals surface area contributed by atoms with E-state index in [1.54, 1.807) is 30.3 Å². The van der Waals surface area contributed by atoms with E-state index in [1.165, 1.54) is 0 Å². The molecule has 3 amide bonds. The van der Waals surface area contributed by atoms with Crippen LogP contribution in [0.3, 0.4) is 0 Å². The monoisotopic (exact) mass is 434 g/mol. The van der Waals surface area contributed by atoms with E-state index in [2.05, 4.69) is 39.0 Å². The second-order valence-corrected chi connectivity index (χ2v) is 8.11. The molecule has 31 heavy (non-hydrogen) atoms. The molecule has 4 rings (SSSR count). The minimum absolute atomic E-state index is 0.239. The van der Waals surface area contributed by atoms with Crippen LogP contribution in [0.4, 0.5) is 16.2 Å². The summed E-state index contributed by atoms with van der Waals surface area (Å²) in [4.78, 5) is 28.5. The third-order valence-corrected chi connectivity index (χ3v) is 5.61. The largest absolute Gasteiger partial charge is 0.378 e. The zero-order valence-corrected chi connectivity index (χ0v) is 18.6. The molecule has 0 atom stereocenters. The van der Waals surface area contributed by atoms with E-state index in [9.17, 15) is 9.59 Å². The van der Waals surface area contributed by atoms with Crippen LogP contribution in [0.15, 0.2) is 60.3 Å². The van der Waals surface area contributed by atoms with Gasteiger partial charge in [-0.1, -0.05) is 11.6 Å². The van der Waals surface area contributed by atoms with Gasteiger partial charge in [0.15, 0.2) is 0 Å². The molecule has 0 bridgehead atoms. The highest BCUT2D eigenvalue weighted by Gasteiger charge is 2.35. The van der Waals surface area contributed by atoms with E-state index in [0.29, 0.717) is 10.7 Å². The second-order valence-electron chi connectivity index (χ2n) is 7.68. The first-order chi connectivity index (χ1) is 14.8. The van der Waals surface area contributed by atoms with Gasteiger partial charge in [-0.25, -0.2) is 9.69 Å². The summed E-state index contributed by atoms with van der Waals surface area (Å²) in [5, 5.41) is 3.22. The van der Waals surface area contributed by atoms with Crippen LogP contribution in [-0.4, -0.2) is 30.6 Å². The Kier molecular flexibility index (Phi) is 5.33. The van der Waals surface area contributed by atoms with Crippen LogP contribution in [0.25, 0.3) is 11.8 Å². The highest BCUT2D eigenvalue weighted by Crippen LogP contribution is 2.27. The Hall–Kier alpha value is -3.51. The number of aromatic nitrogens is 1. The van der Waals surface area contributed by atoms with Crippen LogP contribution in [0.2, 0.25) is 5.02 Å². The third kappa shape index (κ3) is 3.82. The summed E-state index contributed by atoms with van der Waals surface area (Å²) in [7, 11) is 4.01. The number of amides is 3. The summed E-state index contributed by atoms with van der Waals surface area (Å²) in [6.45, 7) is 4.02. The molecule has 1 aliphatic heterocycles. The van der Waals surface area contributed by atoms with Gasteiger partial charge in [-0.15, -0.1) is 0 Å². The minimum atomic E-state index is -0.480. The van der Waals surface area contributed by atoms with Crippen molar-refractivity contribution in [3.63, 3.8) is 0 Å². The Morgan fingerprint density at radius 2 is 1.55 bits per heavy atom. The van der Waals surface area contributed by atoms with Crippen LogP contribution in [0.1, 0.15) is 17.0 Å². The normalized spacial score (nSPS) is 15.0. The summed E-state index contributed by atoms with van der Waals surface area (Å²) >= 11 is 5.92. The number of nitrogens with one attached hydrogen (secondary N) is 1. The van der Waals surface area contributed by atoms with Crippen molar-refractivity contribution < 1.29 is 9.59 Å². The average molecular weight is 435 g/mol. The maximum Gasteiger partial charge on any atom is 0.333 e. The van der Waals surface area contributed by atoms with Crippen molar-refractivity contribution >= 4 is 41.0 Å². The number of hydrogen-bond acceptors (Lipinski definition) is 3. The van der Waals surface area contributed by atoms with Gasteiger partial charge in [0.2, 0.25) is 0 Å². The molecule has 0 saturated carbocycles. The Bertz CT molecular complexity index is 1190. The van der Waals surface area contributed by atoms with Crippen molar-refractivity contribution in [3.8, 4) is 5.69 Å². The Balaban J connectivity index is 1.66. The molecule has 0 radical (unpaired) electrons. The van der Waals surface area contributed by atoms with Gasteiger partial charge in [0, 0.05) is 41.9 Å². The van der Waals surface area contributed by atoms with Crippen molar-refractivity contribution in [2.75, 3.05) is 23.9 Å². The molecular formula is C24H23ClN4O2. The minimum Gasteiger partial charge on any atom is -0.378 e. The molecule has 0 spiro atoms. The summed E-state index contributed by atoms with van der Waals surface area (Å²) < 4.78 is 2.13. The van der Waals surface area contributed by atoms with Crippen LogP contribution < -0.4 is 15.1 Å². The summed E-state index contributed by atoms with van der Waals surface area (Å²) in [5.74, 6) is -0.396. The van der Waals surface area contributed by atoms with Crippen molar-refractivity contribution in [2.45, 2.75) is 13.8 Å². The van der Waals surface area contributed by atoms with Crippen molar-refractivity contribution in [1.29, 1.82) is 0 Å². The van der Waals surface area contributed by atoms with E-state index < -0.39 is 11.9 Å². The van der Waals surface area contributed by atoms with Gasteiger partial charge >= 0.3 is 6.03 Å². The number of urea groups is 1. The summed E-state index contributed by atoms with van der Waals surface area (Å²) in [5.41, 5.74) is 5.76. The number of benzene rings is 2. The molecule has 1 saturated heterocycles. The first-order valence-electron chi connectivity index (χ1n) is 9.85. The van der Waals surface area contributed by atoms with Gasteiger partial charge < -0.3 is 14.8 Å². The highest BCUT2D eigenvalue weighted by molar-refractivity contribution is 6.31. The van der Waals surface area contributed by atoms with Gasteiger partial charge in [0.1, 0.15) is 5.70 Å². The number of rotatable bonds is 4. The SMILES string of the molecule is Cc1cc(/C=C2/NC(=O)N(c3ccc(Cl)cc3)C2=O)c(C)n1-c1ccc(N(C)C)cc1. The lowest BCUT2D eigenvalue weighted by Gasteiger charge is -2.15. The Morgan fingerprint density at radius 3 is 2.16 bits per heavy atom. The number of aryl methyl sites for hydroxylation is 1. The van der Waals surface area contributed by atoms with Gasteiger partial charge in [-0.3, -0.25) is 4.79 Å². The molecule has 1 aliphatic rings. The smallest absolute Gasteiger partial charge is 0.333 e. The number of nitrogens with zero attached hydrogens (tertiary/aromatic N) is 3. The molecule has 2 heterocycles. The van der Waals surface area contributed by atoms with Crippen molar-refractivity contribution in [1.82, 2.24) is 9.88 Å². The summed E-state index contributed by atoms with van der Waals surface area (Å²) in [6.07, 6.45) is 1.73. The topological polar surface area (TPSA) is 57.6 Å². The molecule has 2 aromatic carbocycles. The number of halogens is 1. The van der Waals surface area contributed by atoms with Crippen LogP contribution in [-0.2, 0) is 4.79 Å². The molecule has 7 heteroatoms. The Labute approximate surface area is 186 Å². The predicted octanol–water partition coefficient (Wildman–Crippen LogP) is 4.91. The average Bonchev–Trinajstić information content (AvgIpc) is 3.17. The number of imide groups is 1. The predicted molar refractivity (Wildman–Crippen MR) is 125 cm³/mol. The molecule has 1 fully saturated rings. The molecule has 1 N–H and O–H groups in total. The van der Waals surface area contributed by atoms with E-state index in [0.717, 1.165) is 33.2 Å². The zero-order valence-electron chi connectivity index (χ0n) is 17.8. The number of carbonyl (C=O) groups excluding carboxylic acids is 2. The number of carbonyl (C=O) groups is 2. The van der Waals surface area contributed by atoms with Gasteiger partial charge in [-0.05, 0) is 80.1 Å². The molecule has 1 aromatic heterocycles. The van der Waals surface area contributed by atoms with E-state index in [4.69, 9.17) is 11.6 Å². The van der Waals surface area contributed by atoms with Gasteiger partial charge in [0.05, 0.1) is 5.69 Å². The second kappa shape index (κ2) is 7.96. The highest BCUT2D eigenvalue weighted by atomic mass is 35.5. The zero-order chi connectivity index (χ0) is 22.3. The molecule has 158 valence electrons. The maximum atomic E-state index is 12.9. The van der Waals surface area contributed by atoms with E-state index in [-0.39, 0.29) is 5.70 Å². The molecule has 6 nitrogen and oxygen atoms in total. The lowest BCUT2D eigenvalue weighted by atomic mass is 10.2. The fraction of sp³-hybridized carbons (Fsp3) is 0.167. The molecule has 0 unspecified atom stereocenters. The summed E-state index contributed by atoms with van der Waals surface area (Å²) in [6, 6.07) is 16.4. The van der Waals surface area contributed by atoms with Crippen molar-refractivity contribution in [3.05, 3.63) is 82.3 Å². The van der Waals surface area contributed by atoms with Crippen LogP contribution >= 0.6 is 11.6 Å². The maximum absolute atomic E-state index is 12.9. The molecule has 0 aliphatic carbocycles. The van der Waals surface area contributed by atoms with Gasteiger partial charge in [-0.2, -0.15) is 0 Å². The first-order valence-corrected chi connectivity index (χ1v) is 10.2.